The smallest absolute Gasteiger partial charge is 0.144 e. The summed E-state index contributed by atoms with van der Waals surface area (Å²) in [6.45, 7) is 3.84. The predicted octanol–water partition coefficient (Wildman–Crippen LogP) is 1.68. The lowest BCUT2D eigenvalue weighted by Crippen LogP contribution is -1.85. The van der Waals surface area contributed by atoms with Crippen LogP contribution in [0, 0.1) is 6.92 Å². The van der Waals surface area contributed by atoms with E-state index in [1.54, 1.807) is 24.7 Å². The zero-order valence-electron chi connectivity index (χ0n) is 7.40. The Morgan fingerprint density at radius 3 is 2.86 bits per heavy atom. The molecule has 0 saturated carbocycles. The molecule has 2 aliphatic rings. The van der Waals surface area contributed by atoms with E-state index >= 15 is 0 Å². The van der Waals surface area contributed by atoms with E-state index in [1.807, 2.05) is 0 Å². The molecule has 0 unspecified atom stereocenters. The third-order valence-corrected chi connectivity index (χ3v) is 2.73. The van der Waals surface area contributed by atoms with Crippen molar-refractivity contribution < 1.29 is 12.8 Å². The highest BCUT2D eigenvalue weighted by Gasteiger charge is 2.13. The largest absolute Gasteiger partial charge is 0.472 e. The highest BCUT2D eigenvalue weighted by Crippen LogP contribution is 2.31. The van der Waals surface area contributed by atoms with Crippen LogP contribution in [0.5, 0.6) is 0 Å². The highest BCUT2D eigenvalue weighted by atomic mass is 32.2. The Hall–Kier alpha value is -1.29. The molecule has 0 aromatic heterocycles. The quantitative estimate of drug-likeness (QED) is 0.765. The van der Waals surface area contributed by atoms with E-state index in [4.69, 9.17) is 4.42 Å². The first-order valence-electron chi connectivity index (χ1n) is 4.10. The van der Waals surface area contributed by atoms with E-state index in [9.17, 15) is 8.42 Å². The van der Waals surface area contributed by atoms with Gasteiger partial charge in [0.05, 0.1) is 18.3 Å². The van der Waals surface area contributed by atoms with Crippen LogP contribution in [-0.2, 0) is 16.5 Å². The first-order valence-corrected chi connectivity index (χ1v) is 5.46. The summed E-state index contributed by atoms with van der Waals surface area (Å²) in [5, 5.41) is 0. The third-order valence-electron chi connectivity index (χ3n) is 2.13. The molecule has 0 bridgehead atoms. The van der Waals surface area contributed by atoms with Crippen molar-refractivity contribution in [2.75, 3.05) is 0 Å². The maximum atomic E-state index is 10.6. The van der Waals surface area contributed by atoms with Gasteiger partial charge in [-0.25, -0.2) is 8.42 Å². The molecule has 14 heavy (non-hydrogen) atoms. The molecular weight excluding hydrogens is 200 g/mol. The fourth-order valence-corrected chi connectivity index (χ4v) is 2.07. The summed E-state index contributed by atoms with van der Waals surface area (Å²) in [6, 6.07) is 3.57. The standard InChI is InChI=1S/C10H9O3S/c1-7-4-8(6-14(11)12)10-5-13-3-2-9(7)10/h2-5,14H,1,6H2. The van der Waals surface area contributed by atoms with Crippen molar-refractivity contribution in [2.45, 2.75) is 5.75 Å². The van der Waals surface area contributed by atoms with Crippen molar-refractivity contribution in [2.24, 2.45) is 0 Å². The van der Waals surface area contributed by atoms with Gasteiger partial charge in [-0.3, -0.25) is 0 Å². The van der Waals surface area contributed by atoms with Gasteiger partial charge in [-0.1, -0.05) is 6.07 Å². The normalized spacial score (nSPS) is 11.3. The molecule has 0 aromatic rings. The molecule has 1 heterocycles. The summed E-state index contributed by atoms with van der Waals surface area (Å²) in [5.74, 6) is 0.0425. The lowest BCUT2D eigenvalue weighted by Gasteiger charge is -1.99. The van der Waals surface area contributed by atoms with E-state index in [0.29, 0.717) is 0 Å². The van der Waals surface area contributed by atoms with Crippen LogP contribution in [0.4, 0.5) is 0 Å². The second kappa shape index (κ2) is 3.46. The molecular formula is C10H9O3S. The average Bonchev–Trinajstić information content (AvgIpc) is 2.44. The van der Waals surface area contributed by atoms with Crippen molar-refractivity contribution in [1.82, 2.24) is 0 Å². The summed E-state index contributed by atoms with van der Waals surface area (Å²) < 4.78 is 26.2. The van der Waals surface area contributed by atoms with Crippen LogP contribution in [0.2, 0.25) is 0 Å². The van der Waals surface area contributed by atoms with Gasteiger partial charge in [0, 0.05) is 5.56 Å². The fraction of sp³-hybridized carbons (Fsp3) is 0.100. The molecule has 2 rings (SSSR count). The predicted molar refractivity (Wildman–Crippen MR) is 53.8 cm³/mol. The van der Waals surface area contributed by atoms with Gasteiger partial charge >= 0.3 is 0 Å². The summed E-state index contributed by atoms with van der Waals surface area (Å²) in [5.41, 5.74) is 3.37. The van der Waals surface area contributed by atoms with Gasteiger partial charge < -0.3 is 4.42 Å². The van der Waals surface area contributed by atoms with Gasteiger partial charge in [-0.15, -0.1) is 0 Å². The number of hydrogen-bond donors (Lipinski definition) is 1. The van der Waals surface area contributed by atoms with Gasteiger partial charge in [0.15, 0.2) is 0 Å². The average molecular weight is 209 g/mol. The maximum Gasteiger partial charge on any atom is 0.144 e. The monoisotopic (exact) mass is 209 g/mol. The van der Waals surface area contributed by atoms with Gasteiger partial charge in [0.25, 0.3) is 0 Å². The minimum Gasteiger partial charge on any atom is -0.472 e. The van der Waals surface area contributed by atoms with E-state index in [2.05, 4.69) is 6.92 Å². The summed E-state index contributed by atoms with van der Waals surface area (Å²) in [7, 11) is -2.41. The minimum absolute atomic E-state index is 0.0425. The first kappa shape index (κ1) is 9.27. The fourth-order valence-electron chi connectivity index (χ4n) is 1.53. The summed E-state index contributed by atoms with van der Waals surface area (Å²) in [6.07, 6.45) is 3.11. The molecule has 1 radical (unpaired) electrons. The van der Waals surface area contributed by atoms with Crippen LogP contribution >= 0.6 is 0 Å². The summed E-state index contributed by atoms with van der Waals surface area (Å²) in [4.78, 5) is 0. The molecule has 0 atom stereocenters. The number of hydrogen-bond acceptors (Lipinski definition) is 3. The zero-order valence-corrected chi connectivity index (χ0v) is 8.29. The Balaban J connectivity index is 2.57. The van der Waals surface area contributed by atoms with Crippen LogP contribution < -0.4 is 0 Å². The van der Waals surface area contributed by atoms with Gasteiger partial charge in [-0.2, -0.15) is 0 Å². The topological polar surface area (TPSA) is 47.3 Å². The second-order valence-electron chi connectivity index (χ2n) is 3.07. The van der Waals surface area contributed by atoms with Crippen LogP contribution in [0.15, 0.2) is 29.1 Å². The molecule has 3 nitrogen and oxygen atoms in total. The molecule has 0 saturated heterocycles. The number of thiol groups is 1. The first-order chi connectivity index (χ1) is 6.68. The van der Waals surface area contributed by atoms with Gasteiger partial charge in [-0.05, 0) is 29.7 Å². The Bertz CT molecular complexity index is 488. The second-order valence-corrected chi connectivity index (χ2v) is 4.05. The Morgan fingerprint density at radius 1 is 1.36 bits per heavy atom. The minimum atomic E-state index is -2.41. The molecule has 0 fully saturated rings. The van der Waals surface area contributed by atoms with E-state index in [1.165, 1.54) is 0 Å². The highest BCUT2D eigenvalue weighted by molar-refractivity contribution is 7.71. The van der Waals surface area contributed by atoms with Crippen molar-refractivity contribution in [1.29, 1.82) is 0 Å². The van der Waals surface area contributed by atoms with Crippen LogP contribution in [0.1, 0.15) is 11.1 Å². The Kier molecular flexibility index (Phi) is 2.29. The molecule has 0 spiro atoms. The van der Waals surface area contributed by atoms with Crippen molar-refractivity contribution in [3.05, 3.63) is 42.7 Å². The van der Waals surface area contributed by atoms with Gasteiger partial charge in [0.2, 0.25) is 0 Å². The number of rotatable bonds is 2. The van der Waals surface area contributed by atoms with E-state index in [-0.39, 0.29) is 5.75 Å². The molecule has 0 amide bonds. The van der Waals surface area contributed by atoms with Crippen molar-refractivity contribution in [3.8, 4) is 11.1 Å². The molecule has 0 aromatic carbocycles. The molecule has 4 heteroatoms. The van der Waals surface area contributed by atoms with Crippen molar-refractivity contribution >= 4 is 10.7 Å². The molecule has 0 N–H and O–H groups in total. The van der Waals surface area contributed by atoms with E-state index in [0.717, 1.165) is 22.3 Å². The Morgan fingerprint density at radius 2 is 2.14 bits per heavy atom. The zero-order chi connectivity index (χ0) is 10.1. The van der Waals surface area contributed by atoms with Crippen molar-refractivity contribution in [3.63, 3.8) is 0 Å². The van der Waals surface area contributed by atoms with Gasteiger partial charge in [0.1, 0.15) is 10.7 Å². The Labute approximate surface area is 83.6 Å². The lowest BCUT2D eigenvalue weighted by molar-refractivity contribution is 0.551. The third kappa shape index (κ3) is 1.53. The lowest BCUT2D eigenvalue weighted by atomic mass is 10.1. The molecule has 73 valence electrons. The number of fused-ring (bicyclic) bond motifs is 1. The van der Waals surface area contributed by atoms with Crippen LogP contribution in [-0.4, -0.2) is 8.42 Å². The van der Waals surface area contributed by atoms with Crippen LogP contribution in [0.3, 0.4) is 0 Å². The summed E-state index contributed by atoms with van der Waals surface area (Å²) >= 11 is 0. The van der Waals surface area contributed by atoms with E-state index < -0.39 is 10.7 Å². The maximum absolute atomic E-state index is 10.6. The molecule has 1 aliphatic heterocycles. The molecule has 1 aliphatic carbocycles. The van der Waals surface area contributed by atoms with Crippen LogP contribution in [0.25, 0.3) is 11.1 Å². The SMILES string of the molecule is [CH2]c1cc(C[SH](=O)=O)c2coccc1-2.